The van der Waals surface area contributed by atoms with Crippen molar-refractivity contribution in [1.82, 2.24) is 4.57 Å². The highest BCUT2D eigenvalue weighted by molar-refractivity contribution is 6.29. The number of rotatable bonds is 5. The van der Waals surface area contributed by atoms with Gasteiger partial charge in [0.2, 0.25) is 0 Å². The Kier molecular flexibility index (Phi) is 7.71. The second-order valence-electron chi connectivity index (χ2n) is 18.3. The molecule has 1 spiro atoms. The van der Waals surface area contributed by atoms with Crippen LogP contribution in [-0.4, -0.2) is 4.57 Å². The van der Waals surface area contributed by atoms with Crippen molar-refractivity contribution in [1.29, 1.82) is 0 Å². The van der Waals surface area contributed by atoms with Crippen LogP contribution in [0, 0.1) is 0 Å². The predicted molar refractivity (Wildman–Crippen MR) is 282 cm³/mol. The molecule has 2 aromatic heterocycles. The first-order valence-electron chi connectivity index (χ1n) is 23.5. The maximum absolute atomic E-state index is 6.83. The molecule has 3 heteroatoms. The number of benzene rings is 11. The van der Waals surface area contributed by atoms with E-state index < -0.39 is 5.41 Å². The number of nitrogens with zero attached hydrogens (tertiary/aromatic N) is 2. The number of furan rings is 1. The summed E-state index contributed by atoms with van der Waals surface area (Å²) in [5.41, 5.74) is 20.7. The van der Waals surface area contributed by atoms with Crippen molar-refractivity contribution in [3.8, 4) is 39.1 Å². The van der Waals surface area contributed by atoms with E-state index in [2.05, 4.69) is 252 Å². The summed E-state index contributed by atoms with van der Waals surface area (Å²) in [6.07, 6.45) is 0. The van der Waals surface area contributed by atoms with E-state index in [1.165, 1.54) is 77.2 Å². The zero-order valence-corrected chi connectivity index (χ0v) is 36.9. The molecule has 0 saturated carbocycles. The van der Waals surface area contributed by atoms with E-state index in [0.717, 1.165) is 55.7 Å². The molecule has 0 aliphatic heterocycles. The van der Waals surface area contributed by atoms with Gasteiger partial charge < -0.3 is 13.9 Å². The van der Waals surface area contributed by atoms with Gasteiger partial charge in [-0.3, -0.25) is 0 Å². The molecule has 0 amide bonds. The standard InChI is InChI=1S/C65H40N2O/c1-3-21-42(22-4-1)66(57-35-18-34-55-61(57)49-28-11-15-33-54(49)65(55)52-31-13-9-26-46(52)47-27-10-14-32-53(47)65)44-37-38-56-51(39-44)62-58(67(56)43-23-5-2-6-24-43)40-60-63(50-29-12-16-36-59(50)68-60)64(62)48-30-17-20-41-19-7-8-25-45(41)48/h1-40H. The van der Waals surface area contributed by atoms with Gasteiger partial charge in [-0.1, -0.05) is 182 Å². The number of hydrogen-bond acceptors (Lipinski definition) is 2. The van der Waals surface area contributed by atoms with Crippen LogP contribution in [0.25, 0.3) is 93.6 Å². The molecule has 0 N–H and O–H groups in total. The second kappa shape index (κ2) is 14.0. The van der Waals surface area contributed by atoms with E-state index in [-0.39, 0.29) is 0 Å². The molecule has 3 nitrogen and oxygen atoms in total. The lowest BCUT2D eigenvalue weighted by molar-refractivity contribution is 0.669. The number of para-hydroxylation sites is 3. The summed E-state index contributed by atoms with van der Waals surface area (Å²) in [6, 6.07) is 89.3. The van der Waals surface area contributed by atoms with Crippen LogP contribution in [0.3, 0.4) is 0 Å². The van der Waals surface area contributed by atoms with Crippen molar-refractivity contribution in [3.63, 3.8) is 0 Å². The molecule has 0 fully saturated rings. The fourth-order valence-electron chi connectivity index (χ4n) is 12.4. The summed E-state index contributed by atoms with van der Waals surface area (Å²) in [5, 5.41) is 7.00. The topological polar surface area (TPSA) is 21.3 Å². The van der Waals surface area contributed by atoms with E-state index >= 15 is 0 Å². The Morgan fingerprint density at radius 2 is 0.941 bits per heavy atom. The molecule has 0 atom stereocenters. The highest BCUT2D eigenvalue weighted by atomic mass is 16.3. The Hall–Kier alpha value is -8.92. The van der Waals surface area contributed by atoms with Gasteiger partial charge in [0.1, 0.15) is 11.2 Å². The Morgan fingerprint density at radius 3 is 1.72 bits per heavy atom. The first-order chi connectivity index (χ1) is 33.8. The normalized spacial score (nSPS) is 13.1. The maximum Gasteiger partial charge on any atom is 0.138 e. The highest BCUT2D eigenvalue weighted by Gasteiger charge is 2.52. The highest BCUT2D eigenvalue weighted by Crippen LogP contribution is 2.64. The van der Waals surface area contributed by atoms with Gasteiger partial charge in [0, 0.05) is 55.8 Å². The summed E-state index contributed by atoms with van der Waals surface area (Å²) in [5.74, 6) is 0. The second-order valence-corrected chi connectivity index (χ2v) is 18.3. The van der Waals surface area contributed by atoms with Crippen LogP contribution in [0.2, 0.25) is 0 Å². The Labute approximate surface area is 393 Å². The number of fused-ring (bicyclic) bond motifs is 17. The van der Waals surface area contributed by atoms with Gasteiger partial charge in [-0.05, 0) is 110 Å². The molecular formula is C65H40N2O. The van der Waals surface area contributed by atoms with Crippen molar-refractivity contribution >= 4 is 71.6 Å². The Balaban J connectivity index is 1.07. The van der Waals surface area contributed by atoms with Crippen molar-refractivity contribution in [3.05, 3.63) is 265 Å². The van der Waals surface area contributed by atoms with Gasteiger partial charge in [-0.2, -0.15) is 0 Å². The van der Waals surface area contributed by atoms with Crippen molar-refractivity contribution in [2.24, 2.45) is 0 Å². The minimum atomic E-state index is -0.462. The third kappa shape index (κ3) is 4.92. The number of aromatic nitrogens is 1. The quantitative estimate of drug-likeness (QED) is 0.172. The molecule has 2 aliphatic carbocycles. The van der Waals surface area contributed by atoms with Gasteiger partial charge >= 0.3 is 0 Å². The SMILES string of the molecule is c1ccc(N(c2ccc3c(c2)c2c(-c4cccc5ccccc45)c4c(cc2n3-c2ccccc2)oc2ccccc24)c2cccc3c2-c2ccccc2C32c3ccccc3-c3ccccc32)cc1. The number of hydrogen-bond donors (Lipinski definition) is 0. The smallest absolute Gasteiger partial charge is 0.138 e. The largest absolute Gasteiger partial charge is 0.456 e. The molecule has 13 aromatic rings. The van der Waals surface area contributed by atoms with Crippen molar-refractivity contribution in [2.75, 3.05) is 4.90 Å². The van der Waals surface area contributed by atoms with Crippen LogP contribution >= 0.6 is 0 Å². The molecule has 11 aromatic carbocycles. The van der Waals surface area contributed by atoms with Gasteiger partial charge in [0.15, 0.2) is 0 Å². The summed E-state index contributed by atoms with van der Waals surface area (Å²) >= 11 is 0. The molecular weight excluding hydrogens is 825 g/mol. The van der Waals surface area contributed by atoms with Crippen LogP contribution in [0.4, 0.5) is 17.1 Å². The lowest BCUT2D eigenvalue weighted by Crippen LogP contribution is -2.26. The Bertz CT molecular complexity index is 4160. The van der Waals surface area contributed by atoms with Gasteiger partial charge in [-0.15, -0.1) is 0 Å². The van der Waals surface area contributed by atoms with Crippen molar-refractivity contribution < 1.29 is 4.42 Å². The third-order valence-corrected chi connectivity index (χ3v) is 15.0. The summed E-state index contributed by atoms with van der Waals surface area (Å²) in [4.78, 5) is 2.50. The van der Waals surface area contributed by atoms with E-state index in [1.807, 2.05) is 0 Å². The monoisotopic (exact) mass is 864 g/mol. The summed E-state index contributed by atoms with van der Waals surface area (Å²) < 4.78 is 9.26. The Morgan fingerprint density at radius 1 is 0.353 bits per heavy atom. The molecule has 0 unspecified atom stereocenters. The first kappa shape index (κ1) is 37.3. The third-order valence-electron chi connectivity index (χ3n) is 15.0. The zero-order valence-electron chi connectivity index (χ0n) is 36.9. The predicted octanol–water partition coefficient (Wildman–Crippen LogP) is 17.3. The van der Waals surface area contributed by atoms with Crippen molar-refractivity contribution in [2.45, 2.75) is 5.41 Å². The van der Waals surface area contributed by atoms with Crippen LogP contribution < -0.4 is 4.90 Å². The summed E-state index contributed by atoms with van der Waals surface area (Å²) in [6.45, 7) is 0. The van der Waals surface area contributed by atoms with E-state index in [0.29, 0.717) is 0 Å². The van der Waals surface area contributed by atoms with Gasteiger partial charge in [-0.25, -0.2) is 0 Å². The average Bonchev–Trinajstić information content (AvgIpc) is 4.12. The molecule has 68 heavy (non-hydrogen) atoms. The first-order valence-corrected chi connectivity index (χ1v) is 23.5. The lowest BCUT2D eigenvalue weighted by Gasteiger charge is -2.31. The maximum atomic E-state index is 6.83. The zero-order chi connectivity index (χ0) is 44.5. The number of anilines is 3. The van der Waals surface area contributed by atoms with E-state index in [4.69, 9.17) is 4.42 Å². The fourth-order valence-corrected chi connectivity index (χ4v) is 12.4. The minimum absolute atomic E-state index is 0.462. The van der Waals surface area contributed by atoms with Crippen LogP contribution in [-0.2, 0) is 5.41 Å². The molecule has 0 saturated heterocycles. The van der Waals surface area contributed by atoms with E-state index in [9.17, 15) is 0 Å². The molecule has 15 rings (SSSR count). The average molecular weight is 865 g/mol. The fraction of sp³-hybridized carbons (Fsp3) is 0.0154. The molecule has 2 aliphatic rings. The molecule has 0 radical (unpaired) electrons. The molecule has 2 heterocycles. The lowest BCUT2D eigenvalue weighted by atomic mass is 9.70. The van der Waals surface area contributed by atoms with Crippen LogP contribution in [0.15, 0.2) is 247 Å². The van der Waals surface area contributed by atoms with Crippen LogP contribution in [0.5, 0.6) is 0 Å². The van der Waals surface area contributed by atoms with E-state index in [1.54, 1.807) is 0 Å². The van der Waals surface area contributed by atoms with Gasteiger partial charge in [0.25, 0.3) is 0 Å². The van der Waals surface area contributed by atoms with Gasteiger partial charge in [0.05, 0.1) is 22.1 Å². The van der Waals surface area contributed by atoms with Crippen LogP contribution in [0.1, 0.15) is 22.3 Å². The minimum Gasteiger partial charge on any atom is -0.456 e. The summed E-state index contributed by atoms with van der Waals surface area (Å²) in [7, 11) is 0. The molecule has 0 bridgehead atoms. The molecule has 316 valence electrons.